The maximum atomic E-state index is 14.0. The number of imidazole rings is 1. The fourth-order valence-electron chi connectivity index (χ4n) is 2.57. The summed E-state index contributed by atoms with van der Waals surface area (Å²) in [6, 6.07) is 7.55. The van der Waals surface area contributed by atoms with Crippen LogP contribution in [0.1, 0.15) is 16.1 Å². The number of rotatable bonds is 4. The van der Waals surface area contributed by atoms with E-state index >= 15 is 0 Å². The molecule has 1 heterocycles. The SMILES string of the molecule is Cc1ccc(S(=O)(=O)NC(=O)c2cn(C)c(-c3c(F)cccc3F)n2)c(Cl)c1. The van der Waals surface area contributed by atoms with Gasteiger partial charge in [0.15, 0.2) is 0 Å². The van der Waals surface area contributed by atoms with Crippen LogP contribution in [0.25, 0.3) is 11.4 Å². The monoisotopic (exact) mass is 425 g/mol. The summed E-state index contributed by atoms with van der Waals surface area (Å²) in [5.74, 6) is -2.94. The van der Waals surface area contributed by atoms with Crippen molar-refractivity contribution in [2.75, 3.05) is 0 Å². The Morgan fingerprint density at radius 3 is 2.43 bits per heavy atom. The van der Waals surface area contributed by atoms with Crippen LogP contribution >= 0.6 is 11.6 Å². The van der Waals surface area contributed by atoms with Crippen molar-refractivity contribution in [3.05, 3.63) is 70.5 Å². The second-order valence-electron chi connectivity index (χ2n) is 6.03. The first-order valence-corrected chi connectivity index (χ1v) is 9.77. The topological polar surface area (TPSA) is 81.1 Å². The summed E-state index contributed by atoms with van der Waals surface area (Å²) in [5, 5.41) is -0.0459. The van der Waals surface area contributed by atoms with Gasteiger partial charge in [-0.15, -0.1) is 0 Å². The second-order valence-corrected chi connectivity index (χ2v) is 8.08. The number of sulfonamides is 1. The molecule has 0 saturated carbocycles. The van der Waals surface area contributed by atoms with Gasteiger partial charge in [-0.1, -0.05) is 23.7 Å². The Morgan fingerprint density at radius 2 is 1.82 bits per heavy atom. The summed E-state index contributed by atoms with van der Waals surface area (Å²) in [6.07, 6.45) is 1.17. The number of nitrogens with zero attached hydrogens (tertiary/aromatic N) is 2. The predicted octanol–water partition coefficient (Wildman–Crippen LogP) is 3.45. The Bertz CT molecular complexity index is 1170. The third-order valence-corrected chi connectivity index (χ3v) is 5.71. The third kappa shape index (κ3) is 3.76. The van der Waals surface area contributed by atoms with Crippen molar-refractivity contribution < 1.29 is 22.0 Å². The fraction of sp³-hybridized carbons (Fsp3) is 0.111. The molecule has 0 fully saturated rings. The molecule has 3 aromatic rings. The van der Waals surface area contributed by atoms with Gasteiger partial charge in [-0.25, -0.2) is 26.9 Å². The van der Waals surface area contributed by atoms with Crippen molar-refractivity contribution >= 4 is 27.5 Å². The van der Waals surface area contributed by atoms with Crippen molar-refractivity contribution in [3.8, 4) is 11.4 Å². The van der Waals surface area contributed by atoms with E-state index in [1.165, 1.54) is 42.1 Å². The van der Waals surface area contributed by atoms with Crippen molar-refractivity contribution in [2.45, 2.75) is 11.8 Å². The van der Waals surface area contributed by atoms with Crippen molar-refractivity contribution in [1.29, 1.82) is 0 Å². The van der Waals surface area contributed by atoms with Gasteiger partial charge in [0.2, 0.25) is 0 Å². The minimum Gasteiger partial charge on any atom is -0.333 e. The largest absolute Gasteiger partial charge is 0.333 e. The highest BCUT2D eigenvalue weighted by Crippen LogP contribution is 2.26. The highest BCUT2D eigenvalue weighted by Gasteiger charge is 2.25. The van der Waals surface area contributed by atoms with Gasteiger partial charge in [-0.3, -0.25) is 4.79 Å². The van der Waals surface area contributed by atoms with E-state index in [2.05, 4.69) is 4.98 Å². The van der Waals surface area contributed by atoms with Gasteiger partial charge in [0.25, 0.3) is 15.9 Å². The van der Waals surface area contributed by atoms with Gasteiger partial charge in [-0.2, -0.15) is 0 Å². The molecule has 6 nitrogen and oxygen atoms in total. The Balaban J connectivity index is 1.94. The predicted molar refractivity (Wildman–Crippen MR) is 99.4 cm³/mol. The molecule has 10 heteroatoms. The molecule has 28 heavy (non-hydrogen) atoms. The molecule has 0 aliphatic rings. The first kappa shape index (κ1) is 20.0. The lowest BCUT2D eigenvalue weighted by Crippen LogP contribution is -2.31. The molecule has 0 aliphatic heterocycles. The summed E-state index contributed by atoms with van der Waals surface area (Å²) in [6.45, 7) is 1.73. The van der Waals surface area contributed by atoms with E-state index in [9.17, 15) is 22.0 Å². The van der Waals surface area contributed by atoms with Gasteiger partial charge in [-0.05, 0) is 36.8 Å². The lowest BCUT2D eigenvalue weighted by Gasteiger charge is -2.08. The van der Waals surface area contributed by atoms with Crippen molar-refractivity contribution in [2.24, 2.45) is 7.05 Å². The first-order chi connectivity index (χ1) is 13.1. The van der Waals surface area contributed by atoms with Crippen LogP contribution in [0.15, 0.2) is 47.5 Å². The van der Waals surface area contributed by atoms with Gasteiger partial charge < -0.3 is 4.57 Å². The quantitative estimate of drug-likeness (QED) is 0.694. The minimum atomic E-state index is -4.27. The van der Waals surface area contributed by atoms with Gasteiger partial charge >= 0.3 is 0 Å². The maximum Gasteiger partial charge on any atom is 0.285 e. The average Bonchev–Trinajstić information content (AvgIpc) is 2.96. The normalized spacial score (nSPS) is 11.5. The number of halogens is 3. The summed E-state index contributed by atoms with van der Waals surface area (Å²) in [5.41, 5.74) is -0.00277. The number of carbonyl (C=O) groups excluding carboxylic acids is 1. The van der Waals surface area contributed by atoms with Crippen LogP contribution in [0.4, 0.5) is 8.78 Å². The zero-order valence-electron chi connectivity index (χ0n) is 14.7. The molecule has 0 bridgehead atoms. The number of carbonyl (C=O) groups is 1. The minimum absolute atomic E-state index is 0.0459. The number of nitrogens with one attached hydrogen (secondary N) is 1. The molecule has 146 valence electrons. The molecule has 1 aromatic heterocycles. The van der Waals surface area contributed by atoms with E-state index in [1.807, 2.05) is 4.72 Å². The molecule has 1 amide bonds. The number of amides is 1. The average molecular weight is 426 g/mol. The number of benzene rings is 2. The number of hydrogen-bond acceptors (Lipinski definition) is 4. The number of aryl methyl sites for hydroxylation is 2. The highest BCUT2D eigenvalue weighted by atomic mass is 35.5. The molecular formula is C18H14ClF2N3O3S. The zero-order chi connectivity index (χ0) is 20.6. The van der Waals surface area contributed by atoms with Crippen LogP contribution in [0.3, 0.4) is 0 Å². The lowest BCUT2D eigenvalue weighted by molar-refractivity contribution is 0.0977. The molecule has 0 spiro atoms. The van der Waals surface area contributed by atoms with Gasteiger partial charge in [0, 0.05) is 13.2 Å². The Hall–Kier alpha value is -2.78. The lowest BCUT2D eigenvalue weighted by atomic mass is 10.2. The summed E-state index contributed by atoms with van der Waals surface area (Å²) >= 11 is 5.95. The van der Waals surface area contributed by atoms with E-state index in [1.54, 1.807) is 6.92 Å². The molecular weight excluding hydrogens is 412 g/mol. The summed E-state index contributed by atoms with van der Waals surface area (Å²) < 4.78 is 56.0. The van der Waals surface area contributed by atoms with Crippen molar-refractivity contribution in [1.82, 2.24) is 14.3 Å². The molecule has 1 N–H and O–H groups in total. The van der Waals surface area contributed by atoms with E-state index in [-0.39, 0.29) is 21.4 Å². The molecule has 0 saturated heterocycles. The van der Waals surface area contributed by atoms with Gasteiger partial charge in [0.05, 0.1) is 10.6 Å². The molecule has 2 aromatic carbocycles. The molecule has 0 unspecified atom stereocenters. The van der Waals surface area contributed by atoms with Crippen LogP contribution in [0, 0.1) is 18.6 Å². The smallest absolute Gasteiger partial charge is 0.285 e. The second kappa shape index (κ2) is 7.33. The van der Waals surface area contributed by atoms with Crippen LogP contribution in [0.2, 0.25) is 5.02 Å². The number of aromatic nitrogens is 2. The van der Waals surface area contributed by atoms with E-state index < -0.39 is 33.1 Å². The number of hydrogen-bond donors (Lipinski definition) is 1. The Kier molecular flexibility index (Phi) is 5.22. The summed E-state index contributed by atoms with van der Waals surface area (Å²) in [4.78, 5) is 16.0. The molecule has 3 rings (SSSR count). The first-order valence-electron chi connectivity index (χ1n) is 7.91. The zero-order valence-corrected chi connectivity index (χ0v) is 16.3. The van der Waals surface area contributed by atoms with Crippen LogP contribution < -0.4 is 4.72 Å². The van der Waals surface area contributed by atoms with Crippen LogP contribution in [-0.2, 0) is 17.1 Å². The van der Waals surface area contributed by atoms with E-state index in [4.69, 9.17) is 11.6 Å². The molecule has 0 atom stereocenters. The van der Waals surface area contributed by atoms with Crippen molar-refractivity contribution in [3.63, 3.8) is 0 Å². The maximum absolute atomic E-state index is 14.0. The summed E-state index contributed by atoms with van der Waals surface area (Å²) in [7, 11) is -2.84. The Labute approximate surface area is 164 Å². The third-order valence-electron chi connectivity index (χ3n) is 3.90. The fourth-order valence-corrected chi connectivity index (χ4v) is 4.13. The molecule has 0 radical (unpaired) electrons. The standard InChI is InChI=1S/C18H14ClF2N3O3S/c1-10-6-7-15(11(19)8-10)28(26,27)23-18(25)14-9-24(2)17(22-14)16-12(20)4-3-5-13(16)21/h3-9H,1-2H3,(H,23,25). The van der Waals surface area contributed by atoms with Crippen LogP contribution in [0.5, 0.6) is 0 Å². The Morgan fingerprint density at radius 1 is 1.18 bits per heavy atom. The molecule has 0 aliphatic carbocycles. The van der Waals surface area contributed by atoms with E-state index in [0.717, 1.165) is 17.7 Å². The van der Waals surface area contributed by atoms with E-state index in [0.29, 0.717) is 0 Å². The van der Waals surface area contributed by atoms with Gasteiger partial charge in [0.1, 0.15) is 28.0 Å². The highest BCUT2D eigenvalue weighted by molar-refractivity contribution is 7.90. The van der Waals surface area contributed by atoms with Crippen LogP contribution in [-0.4, -0.2) is 23.9 Å².